The normalized spacial score (nSPS) is 15.8. The number of phenolic OH excluding ortho intramolecular Hbond substituents is 1. The zero-order chi connectivity index (χ0) is 17.1. The van der Waals surface area contributed by atoms with Crippen molar-refractivity contribution in [3.63, 3.8) is 0 Å². The summed E-state index contributed by atoms with van der Waals surface area (Å²) in [5.41, 5.74) is 3.49. The van der Waals surface area contributed by atoms with Crippen molar-refractivity contribution >= 4 is 46.2 Å². The van der Waals surface area contributed by atoms with Gasteiger partial charge in [0.15, 0.2) is 4.32 Å². The highest BCUT2D eigenvalue weighted by Gasteiger charge is 2.33. The monoisotopic (exact) mass is 357 g/mol. The van der Waals surface area contributed by atoms with Gasteiger partial charge in [-0.3, -0.25) is 20.0 Å². The molecule has 0 spiro atoms. The molecule has 2 amide bonds. The Bertz CT molecular complexity index is 853. The van der Waals surface area contributed by atoms with Crippen LogP contribution in [0.5, 0.6) is 5.75 Å². The quantitative estimate of drug-likeness (QED) is 0.648. The maximum absolute atomic E-state index is 12.4. The third kappa shape index (κ3) is 3.44. The average molecular weight is 357 g/mol. The van der Waals surface area contributed by atoms with Gasteiger partial charge in [-0.2, -0.15) is 5.01 Å². The molecule has 24 heavy (non-hydrogen) atoms. The average Bonchev–Trinajstić information content (AvgIpc) is 2.83. The molecule has 3 rings (SSSR count). The number of aromatic nitrogens is 1. The van der Waals surface area contributed by atoms with E-state index in [2.05, 4.69) is 10.4 Å². The number of carbonyl (C=O) groups excluding carboxylic acids is 2. The summed E-state index contributed by atoms with van der Waals surface area (Å²) in [5.74, 6) is -0.978. The van der Waals surface area contributed by atoms with Crippen molar-refractivity contribution in [2.45, 2.75) is 0 Å². The van der Waals surface area contributed by atoms with Crippen molar-refractivity contribution in [3.05, 3.63) is 64.8 Å². The molecule has 0 atom stereocenters. The number of nitrogens with one attached hydrogen (secondary N) is 1. The maximum atomic E-state index is 12.4. The van der Waals surface area contributed by atoms with Gasteiger partial charge < -0.3 is 5.11 Å². The summed E-state index contributed by atoms with van der Waals surface area (Å²) in [6, 6.07) is 9.35. The fourth-order valence-electron chi connectivity index (χ4n) is 1.99. The van der Waals surface area contributed by atoms with E-state index in [0.717, 1.165) is 22.3 Å². The van der Waals surface area contributed by atoms with Crippen LogP contribution in [0.1, 0.15) is 15.9 Å². The molecule has 8 heteroatoms. The zero-order valence-corrected chi connectivity index (χ0v) is 13.8. The first-order valence-electron chi connectivity index (χ1n) is 6.82. The molecule has 1 aliphatic heterocycles. The molecule has 120 valence electrons. The fraction of sp³-hybridized carbons (Fsp3) is 0. The molecule has 1 aromatic carbocycles. The SMILES string of the molecule is O=C(NN1C(=O)/C(=C/c2ccncc2)SC1=S)c1cccc(O)c1. The number of pyridine rings is 1. The fourth-order valence-corrected chi connectivity index (χ4v) is 3.17. The van der Waals surface area contributed by atoms with Crippen molar-refractivity contribution in [3.8, 4) is 5.75 Å². The Labute approximate surface area is 147 Å². The maximum Gasteiger partial charge on any atom is 0.285 e. The Kier molecular flexibility index (Phi) is 4.59. The van der Waals surface area contributed by atoms with E-state index in [4.69, 9.17) is 12.2 Å². The largest absolute Gasteiger partial charge is 0.508 e. The summed E-state index contributed by atoms with van der Waals surface area (Å²) in [6.07, 6.45) is 4.92. The molecule has 6 nitrogen and oxygen atoms in total. The van der Waals surface area contributed by atoms with Crippen molar-refractivity contribution in [2.75, 3.05) is 0 Å². The molecule has 0 saturated carbocycles. The standard InChI is InChI=1S/C16H11N3O3S2/c20-12-3-1-2-11(9-12)14(21)18-19-15(22)13(24-16(19)23)8-10-4-6-17-7-5-10/h1-9,20H,(H,18,21)/b13-8-. The first-order valence-corrected chi connectivity index (χ1v) is 8.05. The second kappa shape index (κ2) is 6.81. The highest BCUT2D eigenvalue weighted by molar-refractivity contribution is 8.26. The lowest BCUT2D eigenvalue weighted by Gasteiger charge is -2.15. The molecule has 0 radical (unpaired) electrons. The van der Waals surface area contributed by atoms with E-state index in [-0.39, 0.29) is 15.6 Å². The van der Waals surface area contributed by atoms with E-state index in [0.29, 0.717) is 4.91 Å². The summed E-state index contributed by atoms with van der Waals surface area (Å²) in [5, 5.41) is 10.5. The minimum Gasteiger partial charge on any atom is -0.508 e. The zero-order valence-electron chi connectivity index (χ0n) is 12.2. The van der Waals surface area contributed by atoms with Crippen LogP contribution in [0.4, 0.5) is 0 Å². The number of aromatic hydroxyl groups is 1. The first kappa shape index (κ1) is 16.2. The van der Waals surface area contributed by atoms with Crippen LogP contribution < -0.4 is 5.43 Å². The molecule has 2 aromatic rings. The number of hydrogen-bond donors (Lipinski definition) is 2. The van der Waals surface area contributed by atoms with Gasteiger partial charge in [0, 0.05) is 18.0 Å². The van der Waals surface area contributed by atoms with E-state index >= 15 is 0 Å². The highest BCUT2D eigenvalue weighted by atomic mass is 32.2. The van der Waals surface area contributed by atoms with E-state index < -0.39 is 11.8 Å². The lowest BCUT2D eigenvalue weighted by molar-refractivity contribution is -0.123. The molecule has 2 heterocycles. The van der Waals surface area contributed by atoms with Crippen LogP contribution in [0.15, 0.2) is 53.7 Å². The predicted molar refractivity (Wildman–Crippen MR) is 94.8 cm³/mol. The third-order valence-electron chi connectivity index (χ3n) is 3.12. The summed E-state index contributed by atoms with van der Waals surface area (Å²) in [6.45, 7) is 0. The van der Waals surface area contributed by atoms with Gasteiger partial charge in [-0.15, -0.1) is 0 Å². The second-order valence-corrected chi connectivity index (χ2v) is 6.46. The van der Waals surface area contributed by atoms with Gasteiger partial charge in [0.05, 0.1) is 4.91 Å². The Morgan fingerprint density at radius 1 is 1.29 bits per heavy atom. The molecule has 1 saturated heterocycles. The molecule has 2 N–H and O–H groups in total. The van der Waals surface area contributed by atoms with Gasteiger partial charge in [0.2, 0.25) is 0 Å². The number of phenols is 1. The van der Waals surface area contributed by atoms with Gasteiger partial charge in [-0.25, -0.2) is 0 Å². The Balaban J connectivity index is 1.77. The topological polar surface area (TPSA) is 82.5 Å². The number of thiocarbonyl (C=S) groups is 1. The number of hydrogen-bond acceptors (Lipinski definition) is 6. The van der Waals surface area contributed by atoms with Gasteiger partial charge in [-0.1, -0.05) is 17.8 Å². The molecule has 1 fully saturated rings. The molecule has 1 aliphatic rings. The smallest absolute Gasteiger partial charge is 0.285 e. The molecule has 0 aliphatic carbocycles. The number of thioether (sulfide) groups is 1. The van der Waals surface area contributed by atoms with Crippen molar-refractivity contribution in [1.29, 1.82) is 0 Å². The number of amides is 2. The third-order valence-corrected chi connectivity index (χ3v) is 4.42. The molecule has 0 unspecified atom stereocenters. The summed E-state index contributed by atoms with van der Waals surface area (Å²) < 4.78 is 0.230. The Morgan fingerprint density at radius 3 is 2.75 bits per heavy atom. The summed E-state index contributed by atoms with van der Waals surface area (Å²) in [7, 11) is 0. The lowest BCUT2D eigenvalue weighted by atomic mass is 10.2. The van der Waals surface area contributed by atoms with Gasteiger partial charge >= 0.3 is 0 Å². The predicted octanol–water partition coefficient (Wildman–Crippen LogP) is 2.33. The number of benzene rings is 1. The Hall–Kier alpha value is -2.71. The highest BCUT2D eigenvalue weighted by Crippen LogP contribution is 2.31. The lowest BCUT2D eigenvalue weighted by Crippen LogP contribution is -2.44. The first-order chi connectivity index (χ1) is 11.5. The Morgan fingerprint density at radius 2 is 2.04 bits per heavy atom. The summed E-state index contributed by atoms with van der Waals surface area (Å²) in [4.78, 5) is 28.9. The van der Waals surface area contributed by atoms with Crippen LogP contribution in [0.25, 0.3) is 6.08 Å². The number of carbonyl (C=O) groups is 2. The molecule has 0 bridgehead atoms. The van der Waals surface area contributed by atoms with E-state index in [1.165, 1.54) is 24.3 Å². The van der Waals surface area contributed by atoms with Crippen LogP contribution in [-0.2, 0) is 4.79 Å². The van der Waals surface area contributed by atoms with Crippen molar-refractivity contribution in [2.24, 2.45) is 0 Å². The second-order valence-electron chi connectivity index (χ2n) is 4.79. The van der Waals surface area contributed by atoms with Crippen LogP contribution in [0.3, 0.4) is 0 Å². The number of hydrazine groups is 1. The van der Waals surface area contributed by atoms with Crippen molar-refractivity contribution < 1.29 is 14.7 Å². The molecular formula is C16H11N3O3S2. The summed E-state index contributed by atoms with van der Waals surface area (Å²) >= 11 is 6.26. The van der Waals surface area contributed by atoms with E-state index in [1.54, 1.807) is 30.6 Å². The van der Waals surface area contributed by atoms with Gasteiger partial charge in [0.1, 0.15) is 5.75 Å². The van der Waals surface area contributed by atoms with E-state index in [1.807, 2.05) is 0 Å². The minimum atomic E-state index is -0.535. The van der Waals surface area contributed by atoms with Crippen LogP contribution >= 0.6 is 24.0 Å². The van der Waals surface area contributed by atoms with E-state index in [9.17, 15) is 14.7 Å². The number of rotatable bonds is 3. The van der Waals surface area contributed by atoms with Crippen LogP contribution in [0.2, 0.25) is 0 Å². The minimum absolute atomic E-state index is 0.0365. The molecule has 1 aromatic heterocycles. The van der Waals surface area contributed by atoms with Crippen LogP contribution in [0, 0.1) is 0 Å². The van der Waals surface area contributed by atoms with Gasteiger partial charge in [0.25, 0.3) is 11.8 Å². The van der Waals surface area contributed by atoms with Gasteiger partial charge in [-0.05, 0) is 54.2 Å². The number of nitrogens with zero attached hydrogens (tertiary/aromatic N) is 2. The van der Waals surface area contributed by atoms with Crippen molar-refractivity contribution in [1.82, 2.24) is 15.4 Å². The van der Waals surface area contributed by atoms with Crippen LogP contribution in [-0.4, -0.2) is 31.2 Å². The molecular weight excluding hydrogens is 346 g/mol.